The van der Waals surface area contributed by atoms with Gasteiger partial charge >= 0.3 is 5.97 Å². The van der Waals surface area contributed by atoms with Crippen molar-refractivity contribution in [2.75, 3.05) is 0 Å². The Morgan fingerprint density at radius 3 is 2.44 bits per heavy atom. The largest absolute Gasteiger partial charge is 0.478 e. The normalized spacial score (nSPS) is 11.2. The smallest absolute Gasteiger partial charge is 0.339 e. The van der Waals surface area contributed by atoms with Crippen LogP contribution in [0.2, 0.25) is 0 Å². The van der Waals surface area contributed by atoms with Gasteiger partial charge in [-0.05, 0) is 37.9 Å². The lowest BCUT2D eigenvalue weighted by atomic mass is 10.2. The topological polar surface area (TPSA) is 65.0 Å². The van der Waals surface area contributed by atoms with E-state index in [1.807, 2.05) is 0 Å². The van der Waals surface area contributed by atoms with Gasteiger partial charge in [-0.1, -0.05) is 12.1 Å². The molecule has 0 amide bonds. The predicted molar refractivity (Wildman–Crippen MR) is 56.0 cm³/mol. The third kappa shape index (κ3) is 3.88. The highest BCUT2D eigenvalue weighted by molar-refractivity contribution is 5.90. The molecule has 1 N–H and O–H groups in total. The second-order valence-electron chi connectivity index (χ2n) is 4.15. The summed E-state index contributed by atoms with van der Waals surface area (Å²) in [4.78, 5) is 20.4. The standard InChI is InChI=1S/C11H14O5/c1-11(2,3)15-16-14-9-7-5-4-6-8(9)10(12)13/h4-7H,1-3H3,(H,12,13). The number of aromatic carboxylic acids is 1. The molecule has 0 radical (unpaired) electrons. The molecule has 1 aromatic rings. The van der Waals surface area contributed by atoms with E-state index in [0.29, 0.717) is 0 Å². The molecule has 16 heavy (non-hydrogen) atoms. The molecule has 5 heteroatoms. The van der Waals surface area contributed by atoms with Crippen LogP contribution < -0.4 is 4.89 Å². The van der Waals surface area contributed by atoms with Gasteiger partial charge in [0, 0.05) is 0 Å². The molecule has 88 valence electrons. The van der Waals surface area contributed by atoms with Gasteiger partial charge in [-0.3, -0.25) is 0 Å². The van der Waals surface area contributed by atoms with Crippen LogP contribution in [-0.2, 0) is 9.93 Å². The molecule has 5 nitrogen and oxygen atoms in total. The van der Waals surface area contributed by atoms with Gasteiger partial charge in [-0.2, -0.15) is 4.89 Å². The minimum absolute atomic E-state index is 0.0139. The molecule has 0 aliphatic heterocycles. The average molecular weight is 226 g/mol. The number of hydrogen-bond acceptors (Lipinski definition) is 4. The Labute approximate surface area is 93.4 Å². The summed E-state index contributed by atoms with van der Waals surface area (Å²) in [5.41, 5.74) is -0.516. The van der Waals surface area contributed by atoms with Gasteiger partial charge in [0.25, 0.3) is 0 Å². The quantitative estimate of drug-likeness (QED) is 0.631. The zero-order valence-corrected chi connectivity index (χ0v) is 9.39. The number of rotatable bonds is 4. The van der Waals surface area contributed by atoms with Gasteiger partial charge in [0.15, 0.2) is 5.75 Å². The van der Waals surface area contributed by atoms with Crippen LogP contribution >= 0.6 is 0 Å². The molecular formula is C11H14O5. The molecule has 1 aromatic carbocycles. The summed E-state index contributed by atoms with van der Waals surface area (Å²) in [7, 11) is 0. The minimum atomic E-state index is -1.09. The molecule has 0 aliphatic rings. The lowest BCUT2D eigenvalue weighted by molar-refractivity contribution is -0.496. The summed E-state index contributed by atoms with van der Waals surface area (Å²) < 4.78 is 0. The molecular weight excluding hydrogens is 212 g/mol. The number of hydrogen-bond donors (Lipinski definition) is 1. The fraction of sp³-hybridized carbons (Fsp3) is 0.364. The molecule has 0 fully saturated rings. The zero-order valence-electron chi connectivity index (χ0n) is 9.39. The lowest BCUT2D eigenvalue weighted by Crippen LogP contribution is -2.20. The number of carboxylic acid groups (broad SMARTS) is 1. The molecule has 0 saturated carbocycles. The first-order valence-electron chi connectivity index (χ1n) is 4.75. The summed E-state index contributed by atoms with van der Waals surface area (Å²) in [5.74, 6) is -0.991. The maximum Gasteiger partial charge on any atom is 0.339 e. The van der Waals surface area contributed by atoms with E-state index in [1.165, 1.54) is 12.1 Å². The maximum atomic E-state index is 10.8. The van der Waals surface area contributed by atoms with Crippen molar-refractivity contribution in [1.29, 1.82) is 0 Å². The maximum absolute atomic E-state index is 10.8. The van der Waals surface area contributed by atoms with E-state index in [9.17, 15) is 4.79 Å². The van der Waals surface area contributed by atoms with Crippen molar-refractivity contribution >= 4 is 5.97 Å². The summed E-state index contributed by atoms with van der Waals surface area (Å²) in [6, 6.07) is 6.14. The van der Waals surface area contributed by atoms with Crippen LogP contribution in [0.25, 0.3) is 0 Å². The Morgan fingerprint density at radius 2 is 1.88 bits per heavy atom. The highest BCUT2D eigenvalue weighted by atomic mass is 17.5. The molecule has 0 aliphatic carbocycles. The first kappa shape index (κ1) is 12.5. The Bertz CT molecular complexity index is 367. The summed E-state index contributed by atoms with van der Waals surface area (Å²) in [6.07, 6.45) is 0. The van der Waals surface area contributed by atoms with Crippen LogP contribution in [0.1, 0.15) is 31.1 Å². The van der Waals surface area contributed by atoms with E-state index in [-0.39, 0.29) is 11.3 Å². The monoisotopic (exact) mass is 226 g/mol. The summed E-state index contributed by atoms with van der Waals surface area (Å²) in [6.45, 7) is 5.33. The fourth-order valence-corrected chi connectivity index (χ4v) is 0.872. The average Bonchev–Trinajstić information content (AvgIpc) is 2.16. The number of benzene rings is 1. The van der Waals surface area contributed by atoms with Crippen LogP contribution in [0.5, 0.6) is 5.75 Å². The van der Waals surface area contributed by atoms with Gasteiger partial charge < -0.3 is 9.99 Å². The van der Waals surface area contributed by atoms with Crippen LogP contribution in [0, 0.1) is 0 Å². The van der Waals surface area contributed by atoms with E-state index in [0.717, 1.165) is 0 Å². The minimum Gasteiger partial charge on any atom is -0.478 e. The summed E-state index contributed by atoms with van der Waals surface area (Å²) in [5, 5.41) is 13.4. The lowest BCUT2D eigenvalue weighted by Gasteiger charge is -2.16. The van der Waals surface area contributed by atoms with Gasteiger partial charge in [0.2, 0.25) is 0 Å². The molecule has 0 bridgehead atoms. The van der Waals surface area contributed by atoms with Crippen LogP contribution in [0.15, 0.2) is 24.3 Å². The van der Waals surface area contributed by atoms with Gasteiger partial charge in [0.1, 0.15) is 5.56 Å². The first-order valence-corrected chi connectivity index (χ1v) is 4.75. The van der Waals surface area contributed by atoms with Crippen LogP contribution in [0.3, 0.4) is 0 Å². The van der Waals surface area contributed by atoms with Crippen LogP contribution in [-0.4, -0.2) is 16.7 Å². The second-order valence-corrected chi connectivity index (χ2v) is 4.15. The van der Waals surface area contributed by atoms with Crippen molar-refractivity contribution in [2.24, 2.45) is 0 Å². The Kier molecular flexibility index (Phi) is 3.87. The van der Waals surface area contributed by atoms with E-state index in [1.54, 1.807) is 32.9 Å². The van der Waals surface area contributed by atoms with Crippen molar-refractivity contribution in [3.05, 3.63) is 29.8 Å². The summed E-state index contributed by atoms with van der Waals surface area (Å²) >= 11 is 0. The Morgan fingerprint density at radius 1 is 1.25 bits per heavy atom. The van der Waals surface area contributed by atoms with Crippen molar-refractivity contribution < 1.29 is 24.7 Å². The predicted octanol–water partition coefficient (Wildman–Crippen LogP) is 2.43. The molecule has 1 rings (SSSR count). The van der Waals surface area contributed by atoms with E-state index >= 15 is 0 Å². The van der Waals surface area contributed by atoms with Crippen molar-refractivity contribution in [1.82, 2.24) is 0 Å². The third-order valence-electron chi connectivity index (χ3n) is 1.53. The van der Waals surface area contributed by atoms with Gasteiger partial charge in [-0.25, -0.2) is 4.79 Å². The zero-order chi connectivity index (χ0) is 12.2. The van der Waals surface area contributed by atoms with Crippen molar-refractivity contribution in [3.8, 4) is 5.75 Å². The van der Waals surface area contributed by atoms with E-state index in [2.05, 4.69) is 5.04 Å². The molecule has 0 unspecified atom stereocenters. The third-order valence-corrected chi connectivity index (χ3v) is 1.53. The molecule has 0 atom stereocenters. The highest BCUT2D eigenvalue weighted by Gasteiger charge is 2.15. The molecule has 0 heterocycles. The molecule has 0 saturated heterocycles. The Balaban J connectivity index is 2.64. The van der Waals surface area contributed by atoms with Gasteiger partial charge in [0.05, 0.1) is 5.60 Å². The second kappa shape index (κ2) is 4.96. The molecule has 0 spiro atoms. The van der Waals surface area contributed by atoms with Crippen molar-refractivity contribution in [2.45, 2.75) is 26.4 Å². The number of carboxylic acids is 1. The fourth-order valence-electron chi connectivity index (χ4n) is 0.872. The van der Waals surface area contributed by atoms with Crippen LogP contribution in [0.4, 0.5) is 0 Å². The van der Waals surface area contributed by atoms with E-state index in [4.69, 9.17) is 14.9 Å². The highest BCUT2D eigenvalue weighted by Crippen LogP contribution is 2.19. The van der Waals surface area contributed by atoms with E-state index < -0.39 is 11.6 Å². The number of carbonyl (C=O) groups is 1. The SMILES string of the molecule is CC(C)(C)OOOc1ccccc1C(=O)O. The number of para-hydroxylation sites is 1. The molecule has 0 aromatic heterocycles. The van der Waals surface area contributed by atoms with Gasteiger partial charge in [-0.15, -0.1) is 0 Å². The Hall–Kier alpha value is -1.59. The van der Waals surface area contributed by atoms with Crippen molar-refractivity contribution in [3.63, 3.8) is 0 Å². The first-order chi connectivity index (χ1) is 7.40.